The molecule has 0 saturated heterocycles. The summed E-state index contributed by atoms with van der Waals surface area (Å²) in [5.41, 5.74) is 2.32. The van der Waals surface area contributed by atoms with Crippen LogP contribution < -0.4 is 0 Å². The molecule has 0 fully saturated rings. The standard InChI is InChI=1S/C28H27Br4O2Si/c1-3-35(4-2)17-28(33-15-20-13-24(31)11-18-9-22(29)5-7-26(18)20)34-16-21-14-25(32)12-19-10-23(30)6-8-27(19)21/h5-14,28H,3-4,15-17H2,1-2H3. The van der Waals surface area contributed by atoms with E-state index in [0.717, 1.165) is 35.1 Å². The molecule has 4 rings (SSSR count). The molecule has 7 heteroatoms. The number of ether oxygens (including phenoxy) is 2. The van der Waals surface area contributed by atoms with Gasteiger partial charge in [0, 0.05) is 17.9 Å². The van der Waals surface area contributed by atoms with Crippen LogP contribution in [0.15, 0.2) is 78.6 Å². The highest BCUT2D eigenvalue weighted by Gasteiger charge is 2.19. The largest absolute Gasteiger partial charge is 0.348 e. The Bertz CT molecular complexity index is 1220. The number of hydrogen-bond acceptors (Lipinski definition) is 2. The summed E-state index contributed by atoms with van der Waals surface area (Å²) in [6.07, 6.45) is -0.238. The van der Waals surface area contributed by atoms with Crippen molar-refractivity contribution < 1.29 is 9.47 Å². The first-order valence-corrected chi connectivity index (χ1v) is 17.0. The average molecular weight is 743 g/mol. The molecule has 4 aromatic rings. The molecule has 0 unspecified atom stereocenters. The lowest BCUT2D eigenvalue weighted by Gasteiger charge is -2.23. The molecule has 0 saturated carbocycles. The quantitative estimate of drug-likeness (QED) is 0.119. The van der Waals surface area contributed by atoms with Crippen LogP contribution in [0.4, 0.5) is 0 Å². The van der Waals surface area contributed by atoms with Crippen LogP contribution >= 0.6 is 63.7 Å². The van der Waals surface area contributed by atoms with Gasteiger partial charge in [0.2, 0.25) is 0 Å². The molecule has 35 heavy (non-hydrogen) atoms. The molecule has 0 aliphatic carbocycles. The van der Waals surface area contributed by atoms with Crippen molar-refractivity contribution in [2.45, 2.75) is 51.5 Å². The van der Waals surface area contributed by atoms with Gasteiger partial charge in [0.25, 0.3) is 0 Å². The van der Waals surface area contributed by atoms with Gasteiger partial charge in [-0.05, 0) is 87.2 Å². The predicted molar refractivity (Wildman–Crippen MR) is 164 cm³/mol. The van der Waals surface area contributed by atoms with Gasteiger partial charge in [-0.25, -0.2) is 0 Å². The van der Waals surface area contributed by atoms with Crippen LogP contribution in [-0.4, -0.2) is 15.1 Å². The Hall–Kier alpha value is -0.543. The van der Waals surface area contributed by atoms with Crippen molar-refractivity contribution in [2.24, 2.45) is 0 Å². The van der Waals surface area contributed by atoms with Crippen LogP contribution in [0, 0.1) is 0 Å². The minimum atomic E-state index is -0.521. The molecule has 0 bridgehead atoms. The fourth-order valence-electron chi connectivity index (χ4n) is 4.30. The van der Waals surface area contributed by atoms with E-state index in [1.165, 1.54) is 33.6 Å². The molecule has 2 nitrogen and oxygen atoms in total. The molecule has 0 N–H and O–H groups in total. The first kappa shape index (κ1) is 27.5. The maximum atomic E-state index is 6.49. The smallest absolute Gasteiger partial charge is 0.155 e. The third-order valence-electron chi connectivity index (χ3n) is 6.23. The van der Waals surface area contributed by atoms with E-state index >= 15 is 0 Å². The highest BCUT2D eigenvalue weighted by atomic mass is 79.9. The zero-order chi connectivity index (χ0) is 24.9. The number of hydrogen-bond donors (Lipinski definition) is 0. The van der Waals surface area contributed by atoms with Gasteiger partial charge in [-0.2, -0.15) is 0 Å². The van der Waals surface area contributed by atoms with E-state index in [4.69, 9.17) is 9.47 Å². The van der Waals surface area contributed by atoms with Gasteiger partial charge >= 0.3 is 0 Å². The SMILES string of the molecule is CC[Si](CC)CC(OCc1cc(Br)cc2cc(Br)ccc12)OCc1cc(Br)cc2cc(Br)ccc12. The molecule has 1 radical (unpaired) electrons. The number of benzene rings is 4. The van der Waals surface area contributed by atoms with Gasteiger partial charge in [-0.1, -0.05) is 102 Å². The van der Waals surface area contributed by atoms with E-state index in [-0.39, 0.29) is 6.29 Å². The van der Waals surface area contributed by atoms with Crippen molar-refractivity contribution in [3.05, 3.63) is 89.7 Å². The van der Waals surface area contributed by atoms with E-state index in [1.54, 1.807) is 0 Å². The maximum absolute atomic E-state index is 6.49. The van der Waals surface area contributed by atoms with Crippen LogP contribution in [-0.2, 0) is 22.7 Å². The Kier molecular flexibility index (Phi) is 10.1. The molecule has 0 aromatic heterocycles. The van der Waals surface area contributed by atoms with Crippen LogP contribution in [0.5, 0.6) is 0 Å². The van der Waals surface area contributed by atoms with Crippen molar-refractivity contribution in [1.82, 2.24) is 0 Å². The molecular formula is C28H27Br4O2Si. The van der Waals surface area contributed by atoms with Crippen molar-refractivity contribution in [1.29, 1.82) is 0 Å². The van der Waals surface area contributed by atoms with Gasteiger partial charge in [0.15, 0.2) is 6.29 Å². The van der Waals surface area contributed by atoms with Crippen molar-refractivity contribution >= 4 is 94.1 Å². The fourth-order valence-corrected chi connectivity index (χ4v) is 7.89. The third-order valence-corrected chi connectivity index (χ3v) is 11.0. The predicted octanol–water partition coefficient (Wildman–Crippen LogP) is 10.6. The first-order chi connectivity index (χ1) is 16.9. The minimum Gasteiger partial charge on any atom is -0.348 e. The lowest BCUT2D eigenvalue weighted by atomic mass is 10.1. The lowest BCUT2D eigenvalue weighted by molar-refractivity contribution is -0.144. The van der Waals surface area contributed by atoms with Crippen LogP contribution in [0.3, 0.4) is 0 Å². The van der Waals surface area contributed by atoms with Crippen LogP contribution in [0.2, 0.25) is 18.1 Å². The van der Waals surface area contributed by atoms with Gasteiger partial charge in [-0.3, -0.25) is 0 Å². The number of fused-ring (bicyclic) bond motifs is 2. The second-order valence-electron chi connectivity index (χ2n) is 8.57. The lowest BCUT2D eigenvalue weighted by Crippen LogP contribution is -2.24. The topological polar surface area (TPSA) is 18.5 Å². The van der Waals surface area contributed by atoms with Crippen LogP contribution in [0.25, 0.3) is 21.5 Å². The third kappa shape index (κ3) is 7.28. The highest BCUT2D eigenvalue weighted by Crippen LogP contribution is 2.30. The summed E-state index contributed by atoms with van der Waals surface area (Å²) in [6.45, 7) is 5.59. The van der Waals surface area contributed by atoms with E-state index in [2.05, 4.69) is 138 Å². The Labute approximate surface area is 242 Å². The summed E-state index contributed by atoms with van der Waals surface area (Å²) < 4.78 is 17.2. The fraction of sp³-hybridized carbons (Fsp3) is 0.286. The molecule has 0 aliphatic rings. The molecule has 0 aliphatic heterocycles. The molecule has 0 atom stereocenters. The highest BCUT2D eigenvalue weighted by molar-refractivity contribution is 9.11. The summed E-state index contributed by atoms with van der Waals surface area (Å²) in [7, 11) is -0.521. The molecule has 183 valence electrons. The summed E-state index contributed by atoms with van der Waals surface area (Å²) >= 11 is 14.5. The van der Waals surface area contributed by atoms with Gasteiger partial charge in [0.1, 0.15) is 0 Å². The molecule has 4 aromatic carbocycles. The minimum absolute atomic E-state index is 0.238. The van der Waals surface area contributed by atoms with Crippen molar-refractivity contribution in [3.8, 4) is 0 Å². The Morgan fingerprint density at radius 3 is 1.49 bits per heavy atom. The normalized spacial score (nSPS) is 11.9. The summed E-state index contributed by atoms with van der Waals surface area (Å²) in [5.74, 6) is 0. The molecule has 0 amide bonds. The Morgan fingerprint density at radius 2 is 1.06 bits per heavy atom. The van der Waals surface area contributed by atoms with Gasteiger partial charge < -0.3 is 9.47 Å². The Balaban J connectivity index is 1.56. The molecule has 0 heterocycles. The van der Waals surface area contributed by atoms with E-state index in [9.17, 15) is 0 Å². The van der Waals surface area contributed by atoms with Crippen molar-refractivity contribution in [3.63, 3.8) is 0 Å². The first-order valence-electron chi connectivity index (χ1n) is 11.7. The zero-order valence-corrected chi connectivity index (χ0v) is 27.1. The maximum Gasteiger partial charge on any atom is 0.155 e. The average Bonchev–Trinajstić information content (AvgIpc) is 2.82. The van der Waals surface area contributed by atoms with Crippen molar-refractivity contribution in [2.75, 3.05) is 0 Å². The summed E-state index contributed by atoms with van der Waals surface area (Å²) in [4.78, 5) is 0. The second-order valence-corrected chi connectivity index (χ2v) is 15.6. The second kappa shape index (κ2) is 12.8. The van der Waals surface area contributed by atoms with Gasteiger partial charge in [0.05, 0.1) is 22.0 Å². The molecule has 0 spiro atoms. The van der Waals surface area contributed by atoms with E-state index in [1.807, 2.05) is 0 Å². The molecular weight excluding hydrogens is 716 g/mol. The van der Waals surface area contributed by atoms with E-state index in [0.29, 0.717) is 13.2 Å². The van der Waals surface area contributed by atoms with E-state index < -0.39 is 8.80 Å². The van der Waals surface area contributed by atoms with Crippen LogP contribution in [0.1, 0.15) is 25.0 Å². The number of halogens is 4. The van der Waals surface area contributed by atoms with Gasteiger partial charge in [-0.15, -0.1) is 0 Å². The monoisotopic (exact) mass is 739 g/mol. The number of rotatable bonds is 10. The zero-order valence-electron chi connectivity index (χ0n) is 19.7. The summed E-state index contributed by atoms with van der Waals surface area (Å²) in [6, 6.07) is 24.8. The Morgan fingerprint density at radius 1 is 0.629 bits per heavy atom. The summed E-state index contributed by atoms with van der Waals surface area (Å²) in [5, 5.41) is 4.78.